The quantitative estimate of drug-likeness (QED) is 0.741. The van der Waals surface area contributed by atoms with Crippen molar-refractivity contribution in [3.8, 4) is 0 Å². The summed E-state index contributed by atoms with van der Waals surface area (Å²) in [6, 6.07) is 0.430. The van der Waals surface area contributed by atoms with Crippen molar-refractivity contribution in [2.24, 2.45) is 0 Å². The van der Waals surface area contributed by atoms with Gasteiger partial charge in [-0.1, -0.05) is 13.8 Å². The number of carbonyl (C=O) groups is 1. The zero-order chi connectivity index (χ0) is 15.0. The van der Waals surface area contributed by atoms with Crippen LogP contribution in [-0.2, 0) is 11.3 Å². The van der Waals surface area contributed by atoms with E-state index in [0.717, 1.165) is 12.1 Å². The molecule has 0 saturated heterocycles. The molecule has 1 amide bonds. The second kappa shape index (κ2) is 8.47. The van der Waals surface area contributed by atoms with E-state index >= 15 is 0 Å². The van der Waals surface area contributed by atoms with Crippen molar-refractivity contribution in [3.05, 3.63) is 18.0 Å². The predicted molar refractivity (Wildman–Crippen MR) is 80.6 cm³/mol. The van der Waals surface area contributed by atoms with Crippen LogP contribution in [0, 0.1) is 0 Å². The van der Waals surface area contributed by atoms with Gasteiger partial charge in [-0.05, 0) is 13.8 Å². The normalized spacial score (nSPS) is 10.7. The second-order valence-electron chi connectivity index (χ2n) is 4.89. The SMILES string of the molecule is CCNC(=O)CN(CC)c1ncc(CNC(C)C)cn1. The van der Waals surface area contributed by atoms with Crippen LogP contribution in [0.4, 0.5) is 5.95 Å². The molecule has 0 unspecified atom stereocenters. The molecule has 0 aromatic carbocycles. The highest BCUT2D eigenvalue weighted by molar-refractivity contribution is 5.80. The van der Waals surface area contributed by atoms with Gasteiger partial charge in [0.15, 0.2) is 0 Å². The smallest absolute Gasteiger partial charge is 0.239 e. The van der Waals surface area contributed by atoms with Gasteiger partial charge in [0, 0.05) is 43.6 Å². The summed E-state index contributed by atoms with van der Waals surface area (Å²) in [6.45, 7) is 10.4. The number of carbonyl (C=O) groups excluding carboxylic acids is 1. The molecule has 0 fully saturated rings. The van der Waals surface area contributed by atoms with Gasteiger partial charge in [0.05, 0.1) is 6.54 Å². The Bertz CT molecular complexity index is 405. The molecule has 20 heavy (non-hydrogen) atoms. The maximum atomic E-state index is 11.6. The molecule has 1 rings (SSSR count). The van der Waals surface area contributed by atoms with E-state index in [2.05, 4.69) is 34.4 Å². The molecule has 0 aliphatic carbocycles. The molecule has 0 radical (unpaired) electrons. The van der Waals surface area contributed by atoms with Gasteiger partial charge in [0.2, 0.25) is 11.9 Å². The molecule has 1 aromatic rings. The fourth-order valence-corrected chi connectivity index (χ4v) is 1.67. The highest BCUT2D eigenvalue weighted by Crippen LogP contribution is 2.06. The zero-order valence-corrected chi connectivity index (χ0v) is 12.8. The Morgan fingerprint density at radius 1 is 1.30 bits per heavy atom. The number of nitrogens with zero attached hydrogens (tertiary/aromatic N) is 3. The van der Waals surface area contributed by atoms with Gasteiger partial charge in [0.25, 0.3) is 0 Å². The third kappa shape index (κ3) is 5.52. The summed E-state index contributed by atoms with van der Waals surface area (Å²) in [6.07, 6.45) is 3.61. The molecule has 6 nitrogen and oxygen atoms in total. The summed E-state index contributed by atoms with van der Waals surface area (Å²) in [7, 11) is 0. The van der Waals surface area contributed by atoms with Gasteiger partial charge in [-0.15, -0.1) is 0 Å². The monoisotopic (exact) mass is 279 g/mol. The lowest BCUT2D eigenvalue weighted by atomic mass is 10.3. The van der Waals surface area contributed by atoms with Crippen molar-refractivity contribution in [2.75, 3.05) is 24.5 Å². The van der Waals surface area contributed by atoms with Crippen molar-refractivity contribution >= 4 is 11.9 Å². The average Bonchev–Trinajstić information content (AvgIpc) is 2.43. The van der Waals surface area contributed by atoms with Crippen LogP contribution in [-0.4, -0.2) is 41.6 Å². The maximum absolute atomic E-state index is 11.6. The van der Waals surface area contributed by atoms with E-state index in [0.29, 0.717) is 25.1 Å². The Balaban J connectivity index is 2.62. The van der Waals surface area contributed by atoms with Crippen molar-refractivity contribution < 1.29 is 4.79 Å². The van der Waals surface area contributed by atoms with Crippen molar-refractivity contribution in [1.29, 1.82) is 0 Å². The Morgan fingerprint density at radius 3 is 2.45 bits per heavy atom. The fraction of sp³-hybridized carbons (Fsp3) is 0.643. The van der Waals surface area contributed by atoms with Crippen LogP contribution < -0.4 is 15.5 Å². The number of anilines is 1. The first-order chi connectivity index (χ1) is 9.56. The minimum atomic E-state index is -0.0106. The summed E-state index contributed by atoms with van der Waals surface area (Å²) in [5.74, 6) is 0.579. The minimum absolute atomic E-state index is 0.0106. The minimum Gasteiger partial charge on any atom is -0.355 e. The number of aromatic nitrogens is 2. The molecule has 0 aliphatic heterocycles. The molecule has 2 N–H and O–H groups in total. The fourth-order valence-electron chi connectivity index (χ4n) is 1.67. The van der Waals surface area contributed by atoms with Crippen molar-refractivity contribution in [2.45, 2.75) is 40.3 Å². The number of hydrogen-bond acceptors (Lipinski definition) is 5. The van der Waals surface area contributed by atoms with E-state index in [1.807, 2.05) is 18.7 Å². The summed E-state index contributed by atoms with van der Waals surface area (Å²) in [5.41, 5.74) is 1.04. The summed E-state index contributed by atoms with van der Waals surface area (Å²) in [5, 5.41) is 6.09. The number of rotatable bonds is 8. The molecular weight excluding hydrogens is 254 g/mol. The molecule has 0 aliphatic rings. The van der Waals surface area contributed by atoms with E-state index in [-0.39, 0.29) is 12.5 Å². The van der Waals surface area contributed by atoms with Crippen LogP contribution in [0.5, 0.6) is 0 Å². The molecular formula is C14H25N5O. The zero-order valence-electron chi connectivity index (χ0n) is 12.8. The second-order valence-corrected chi connectivity index (χ2v) is 4.89. The molecule has 6 heteroatoms. The van der Waals surface area contributed by atoms with Crippen LogP contribution in [0.3, 0.4) is 0 Å². The standard InChI is InChI=1S/C14H25N5O/c1-5-15-13(20)10-19(6-2)14-17-8-12(9-18-14)7-16-11(3)4/h8-9,11,16H,5-7,10H2,1-4H3,(H,15,20). The van der Waals surface area contributed by atoms with Gasteiger partial charge < -0.3 is 15.5 Å². The third-order valence-corrected chi connectivity index (χ3v) is 2.78. The third-order valence-electron chi connectivity index (χ3n) is 2.78. The highest BCUT2D eigenvalue weighted by Gasteiger charge is 2.11. The van der Waals surface area contributed by atoms with Gasteiger partial charge in [-0.2, -0.15) is 0 Å². The maximum Gasteiger partial charge on any atom is 0.239 e. The molecule has 0 atom stereocenters. The van der Waals surface area contributed by atoms with Crippen molar-refractivity contribution in [1.82, 2.24) is 20.6 Å². The first kappa shape index (κ1) is 16.4. The number of nitrogens with one attached hydrogen (secondary N) is 2. The lowest BCUT2D eigenvalue weighted by Gasteiger charge is -2.20. The first-order valence-corrected chi connectivity index (χ1v) is 7.12. The number of hydrogen-bond donors (Lipinski definition) is 2. The Labute approximate surface area is 121 Å². The van der Waals surface area contributed by atoms with Crippen LogP contribution in [0.2, 0.25) is 0 Å². The van der Waals surface area contributed by atoms with Gasteiger partial charge in [-0.3, -0.25) is 4.79 Å². The van der Waals surface area contributed by atoms with E-state index in [1.54, 1.807) is 12.4 Å². The summed E-state index contributed by atoms with van der Waals surface area (Å²) < 4.78 is 0. The van der Waals surface area contributed by atoms with Gasteiger partial charge in [-0.25, -0.2) is 9.97 Å². The van der Waals surface area contributed by atoms with E-state index in [1.165, 1.54) is 0 Å². The lowest BCUT2D eigenvalue weighted by Crippen LogP contribution is -2.38. The molecule has 112 valence electrons. The van der Waals surface area contributed by atoms with Crippen LogP contribution in [0.25, 0.3) is 0 Å². The summed E-state index contributed by atoms with van der Waals surface area (Å²) >= 11 is 0. The Hall–Kier alpha value is -1.69. The topological polar surface area (TPSA) is 70.2 Å². The van der Waals surface area contributed by atoms with E-state index in [4.69, 9.17) is 0 Å². The van der Waals surface area contributed by atoms with E-state index < -0.39 is 0 Å². The average molecular weight is 279 g/mol. The molecule has 1 aromatic heterocycles. The number of amides is 1. The van der Waals surface area contributed by atoms with Gasteiger partial charge in [0.1, 0.15) is 0 Å². The predicted octanol–water partition coefficient (Wildman–Crippen LogP) is 0.937. The highest BCUT2D eigenvalue weighted by atomic mass is 16.2. The van der Waals surface area contributed by atoms with Gasteiger partial charge >= 0.3 is 0 Å². The Morgan fingerprint density at radius 2 is 1.95 bits per heavy atom. The Kier molecular flexibility index (Phi) is 6.93. The van der Waals surface area contributed by atoms with E-state index in [9.17, 15) is 4.79 Å². The number of likely N-dealkylation sites (N-methyl/N-ethyl adjacent to an activating group) is 2. The lowest BCUT2D eigenvalue weighted by molar-refractivity contribution is -0.119. The molecule has 0 saturated carbocycles. The van der Waals surface area contributed by atoms with Crippen LogP contribution in [0.1, 0.15) is 33.3 Å². The molecule has 1 heterocycles. The first-order valence-electron chi connectivity index (χ1n) is 7.12. The van der Waals surface area contributed by atoms with Crippen molar-refractivity contribution in [3.63, 3.8) is 0 Å². The van der Waals surface area contributed by atoms with Crippen LogP contribution >= 0.6 is 0 Å². The molecule has 0 bridgehead atoms. The van der Waals surface area contributed by atoms with Crippen LogP contribution in [0.15, 0.2) is 12.4 Å². The summed E-state index contributed by atoms with van der Waals surface area (Å²) in [4.78, 5) is 22.1. The molecule has 0 spiro atoms. The largest absolute Gasteiger partial charge is 0.355 e.